The van der Waals surface area contributed by atoms with Gasteiger partial charge in [0.05, 0.1) is 11.3 Å². The number of hydrogen-bond acceptors (Lipinski definition) is 5. The van der Waals surface area contributed by atoms with E-state index in [0.29, 0.717) is 31.7 Å². The van der Waals surface area contributed by atoms with Crippen molar-refractivity contribution in [2.45, 2.75) is 44.8 Å². The number of halogens is 3. The summed E-state index contributed by atoms with van der Waals surface area (Å²) in [6.07, 6.45) is 0.962. The van der Waals surface area contributed by atoms with Gasteiger partial charge in [-0.05, 0) is 31.4 Å². The number of nitrogens with zero attached hydrogens (tertiary/aromatic N) is 3. The number of aryl methyl sites for hydroxylation is 1. The molecule has 0 bridgehead atoms. The molecule has 2 aromatic heterocycles. The van der Waals surface area contributed by atoms with Crippen LogP contribution in [0.2, 0.25) is 0 Å². The summed E-state index contributed by atoms with van der Waals surface area (Å²) in [6, 6.07) is 2.38. The summed E-state index contributed by atoms with van der Waals surface area (Å²) in [7, 11) is 0. The maximum Gasteiger partial charge on any atom is 0.417 e. The van der Waals surface area contributed by atoms with Crippen LogP contribution < -0.4 is 10.2 Å². The molecule has 27 heavy (non-hydrogen) atoms. The third kappa shape index (κ3) is 4.78. The minimum Gasteiger partial charge on any atom is -0.441 e. The number of oxazole rings is 1. The monoisotopic (exact) mass is 382 g/mol. The Morgan fingerprint density at radius 1 is 1.33 bits per heavy atom. The van der Waals surface area contributed by atoms with Gasteiger partial charge in [0.1, 0.15) is 12.1 Å². The molecule has 0 saturated carbocycles. The van der Waals surface area contributed by atoms with E-state index in [0.717, 1.165) is 30.8 Å². The van der Waals surface area contributed by atoms with Crippen LogP contribution >= 0.6 is 0 Å². The van der Waals surface area contributed by atoms with E-state index < -0.39 is 11.7 Å². The van der Waals surface area contributed by atoms with Crippen molar-refractivity contribution in [2.24, 2.45) is 0 Å². The molecule has 146 valence electrons. The summed E-state index contributed by atoms with van der Waals surface area (Å²) < 4.78 is 43.1. The van der Waals surface area contributed by atoms with E-state index >= 15 is 0 Å². The fourth-order valence-electron chi connectivity index (χ4n) is 3.02. The second-order valence-electron chi connectivity index (χ2n) is 6.53. The van der Waals surface area contributed by atoms with E-state index in [2.05, 4.69) is 15.3 Å². The largest absolute Gasteiger partial charge is 0.441 e. The quantitative estimate of drug-likeness (QED) is 0.858. The lowest BCUT2D eigenvalue weighted by molar-refractivity contribution is -0.137. The maximum atomic E-state index is 12.6. The van der Waals surface area contributed by atoms with Gasteiger partial charge in [0.25, 0.3) is 5.89 Å². The van der Waals surface area contributed by atoms with Crippen molar-refractivity contribution >= 4 is 11.7 Å². The molecule has 6 nitrogen and oxygen atoms in total. The van der Waals surface area contributed by atoms with Crippen molar-refractivity contribution in [3.05, 3.63) is 41.7 Å². The highest BCUT2D eigenvalue weighted by Crippen LogP contribution is 2.29. The zero-order chi connectivity index (χ0) is 19.4. The fraction of sp³-hybridized carbons (Fsp3) is 0.500. The van der Waals surface area contributed by atoms with Crippen LogP contribution in [0.5, 0.6) is 0 Å². The maximum absolute atomic E-state index is 12.6. The highest BCUT2D eigenvalue weighted by Gasteiger charge is 2.31. The van der Waals surface area contributed by atoms with Gasteiger partial charge in [0.15, 0.2) is 0 Å². The van der Waals surface area contributed by atoms with Crippen LogP contribution in [0.3, 0.4) is 0 Å². The molecule has 1 aliphatic rings. The molecule has 0 radical (unpaired) electrons. The molecule has 1 aliphatic heterocycles. The molecule has 3 heterocycles. The van der Waals surface area contributed by atoms with E-state index in [9.17, 15) is 18.0 Å². The number of hydrogen-bond donors (Lipinski definition) is 1. The van der Waals surface area contributed by atoms with Gasteiger partial charge in [0.2, 0.25) is 0 Å². The molecule has 1 saturated heterocycles. The Bertz CT molecular complexity index is 766. The first-order chi connectivity index (χ1) is 12.9. The Labute approximate surface area is 154 Å². The van der Waals surface area contributed by atoms with E-state index in [1.54, 1.807) is 0 Å². The Hall–Kier alpha value is -2.58. The van der Waals surface area contributed by atoms with Gasteiger partial charge >= 0.3 is 12.1 Å². The molecule has 3 rings (SSSR count). The summed E-state index contributed by atoms with van der Waals surface area (Å²) in [6.45, 7) is 3.21. The van der Waals surface area contributed by atoms with Gasteiger partial charge in [-0.15, -0.1) is 0 Å². The first-order valence-corrected chi connectivity index (χ1v) is 8.90. The van der Waals surface area contributed by atoms with Crippen LogP contribution in [-0.4, -0.2) is 35.0 Å². The van der Waals surface area contributed by atoms with Gasteiger partial charge in [-0.25, -0.2) is 9.97 Å². The summed E-state index contributed by atoms with van der Waals surface area (Å²) in [5.41, 5.74) is -0.00682. The van der Waals surface area contributed by atoms with Crippen LogP contribution in [0, 0.1) is 0 Å². The van der Waals surface area contributed by atoms with Gasteiger partial charge in [-0.2, -0.15) is 13.2 Å². The van der Waals surface area contributed by atoms with Crippen molar-refractivity contribution in [1.29, 1.82) is 0 Å². The SMILES string of the molecule is CCCc1coc(C(=O)NC2CCN(c3ccc(C(F)(F)F)cn3)CC2)n1. The zero-order valence-corrected chi connectivity index (χ0v) is 14.9. The highest BCUT2D eigenvalue weighted by atomic mass is 19.4. The Balaban J connectivity index is 1.51. The predicted octanol–water partition coefficient (Wildman–Crippen LogP) is 3.44. The lowest BCUT2D eigenvalue weighted by atomic mass is 10.0. The van der Waals surface area contributed by atoms with E-state index in [4.69, 9.17) is 4.42 Å². The second-order valence-corrected chi connectivity index (χ2v) is 6.53. The highest BCUT2D eigenvalue weighted by molar-refractivity contribution is 5.89. The molecular weight excluding hydrogens is 361 g/mol. The minimum atomic E-state index is -4.39. The normalized spacial score (nSPS) is 15.8. The minimum absolute atomic E-state index is 0.0373. The summed E-state index contributed by atoms with van der Waals surface area (Å²) in [4.78, 5) is 22.2. The topological polar surface area (TPSA) is 71.3 Å². The summed E-state index contributed by atoms with van der Waals surface area (Å²) in [5, 5.41) is 2.90. The lowest BCUT2D eigenvalue weighted by Crippen LogP contribution is -2.45. The first-order valence-electron chi connectivity index (χ1n) is 8.90. The molecular formula is C18H21F3N4O2. The molecule has 0 aliphatic carbocycles. The van der Waals surface area contributed by atoms with Crippen molar-refractivity contribution in [2.75, 3.05) is 18.0 Å². The number of alkyl halides is 3. The van der Waals surface area contributed by atoms with Crippen molar-refractivity contribution in [3.8, 4) is 0 Å². The van der Waals surface area contributed by atoms with Gasteiger partial charge in [-0.3, -0.25) is 4.79 Å². The molecule has 0 atom stereocenters. The van der Waals surface area contributed by atoms with Crippen LogP contribution in [0.4, 0.5) is 19.0 Å². The van der Waals surface area contributed by atoms with Gasteiger partial charge < -0.3 is 14.6 Å². The molecule has 2 aromatic rings. The number of nitrogens with one attached hydrogen (secondary N) is 1. The van der Waals surface area contributed by atoms with Crippen LogP contribution in [-0.2, 0) is 12.6 Å². The van der Waals surface area contributed by atoms with E-state index in [1.807, 2.05) is 11.8 Å². The fourth-order valence-corrected chi connectivity index (χ4v) is 3.02. The molecule has 1 amide bonds. The zero-order valence-electron chi connectivity index (χ0n) is 14.9. The van der Waals surface area contributed by atoms with Crippen LogP contribution in [0.1, 0.15) is 48.1 Å². The number of piperidine rings is 1. The number of pyridine rings is 1. The average Bonchev–Trinajstić information content (AvgIpc) is 3.11. The molecule has 0 unspecified atom stereocenters. The van der Waals surface area contributed by atoms with Crippen molar-refractivity contribution < 1.29 is 22.4 Å². The number of aromatic nitrogens is 2. The molecule has 1 fully saturated rings. The molecule has 9 heteroatoms. The smallest absolute Gasteiger partial charge is 0.417 e. The third-order valence-corrected chi connectivity index (χ3v) is 4.48. The summed E-state index contributed by atoms with van der Waals surface area (Å²) in [5.74, 6) is 0.221. The van der Waals surface area contributed by atoms with E-state index in [-0.39, 0.29) is 17.8 Å². The van der Waals surface area contributed by atoms with Crippen LogP contribution in [0.25, 0.3) is 0 Å². The third-order valence-electron chi connectivity index (χ3n) is 4.48. The predicted molar refractivity (Wildman–Crippen MR) is 92.4 cm³/mol. The Morgan fingerprint density at radius 2 is 2.07 bits per heavy atom. The number of anilines is 1. The van der Waals surface area contributed by atoms with Crippen molar-refractivity contribution in [1.82, 2.24) is 15.3 Å². The van der Waals surface area contributed by atoms with E-state index in [1.165, 1.54) is 12.3 Å². The Morgan fingerprint density at radius 3 is 2.67 bits per heavy atom. The number of amides is 1. The number of rotatable bonds is 5. The average molecular weight is 382 g/mol. The van der Waals surface area contributed by atoms with Crippen molar-refractivity contribution in [3.63, 3.8) is 0 Å². The standard InChI is InChI=1S/C18H21F3N4O2/c1-2-3-14-11-27-17(24-14)16(26)23-13-6-8-25(9-7-13)15-5-4-12(10-22-15)18(19,20)21/h4-5,10-11,13H,2-3,6-9H2,1H3,(H,23,26). The van der Waals surface area contributed by atoms with Gasteiger partial charge in [0, 0.05) is 25.3 Å². The van der Waals surface area contributed by atoms with Gasteiger partial charge in [-0.1, -0.05) is 13.3 Å². The number of carbonyl (C=O) groups is 1. The molecule has 0 spiro atoms. The molecule has 1 N–H and O–H groups in total. The molecule has 0 aromatic carbocycles. The second kappa shape index (κ2) is 7.98. The lowest BCUT2D eigenvalue weighted by Gasteiger charge is -2.33. The summed E-state index contributed by atoms with van der Waals surface area (Å²) >= 11 is 0. The Kier molecular flexibility index (Phi) is 5.67. The number of carbonyl (C=O) groups excluding carboxylic acids is 1. The van der Waals surface area contributed by atoms with Crippen LogP contribution in [0.15, 0.2) is 29.0 Å². The first kappa shape index (κ1) is 19.2.